The molecule has 0 aliphatic heterocycles. The van der Waals surface area contributed by atoms with Crippen LogP contribution in [0.4, 0.5) is 0 Å². The van der Waals surface area contributed by atoms with Crippen molar-refractivity contribution in [3.63, 3.8) is 0 Å². The van der Waals surface area contributed by atoms with E-state index in [-0.39, 0.29) is 4.99 Å². The molecule has 0 spiro atoms. The van der Waals surface area contributed by atoms with Crippen LogP contribution in [0.1, 0.15) is 18.4 Å². The third-order valence-corrected chi connectivity index (χ3v) is 3.03. The Balaban J connectivity index is 1.87. The summed E-state index contributed by atoms with van der Waals surface area (Å²) in [5.41, 5.74) is 6.22. The van der Waals surface area contributed by atoms with Gasteiger partial charge in [-0.15, -0.1) is 5.10 Å². The molecular weight excluding hydrogens is 236 g/mol. The van der Waals surface area contributed by atoms with E-state index in [4.69, 9.17) is 22.7 Å². The molecule has 1 heterocycles. The molecule has 1 fully saturated rings. The molecular formula is C11H16N4OS. The second-order valence-electron chi connectivity index (χ2n) is 4.17. The third-order valence-electron chi connectivity index (χ3n) is 2.81. The van der Waals surface area contributed by atoms with Gasteiger partial charge < -0.3 is 15.4 Å². The van der Waals surface area contributed by atoms with Crippen LogP contribution >= 0.6 is 12.2 Å². The zero-order chi connectivity index (χ0) is 12.3. The molecule has 2 rings (SSSR count). The van der Waals surface area contributed by atoms with Crippen LogP contribution in [-0.2, 0) is 0 Å². The standard InChI is InChI=1S/C11H16N4OS/c1-15(8-2-3-8)6-7-16-11-9(10(12)17)4-5-13-14-11/h4-5,8H,2-3,6-7H2,1H3,(H2,12,17). The van der Waals surface area contributed by atoms with Crippen LogP contribution in [0.25, 0.3) is 0 Å². The molecule has 1 aromatic heterocycles. The lowest BCUT2D eigenvalue weighted by atomic mass is 10.3. The summed E-state index contributed by atoms with van der Waals surface area (Å²) in [5, 5.41) is 7.67. The molecule has 92 valence electrons. The molecule has 5 nitrogen and oxygen atoms in total. The minimum absolute atomic E-state index is 0.283. The predicted octanol–water partition coefficient (Wildman–Crippen LogP) is 0.584. The molecule has 0 atom stereocenters. The maximum absolute atomic E-state index is 5.58. The molecule has 0 saturated heterocycles. The smallest absolute Gasteiger partial charge is 0.243 e. The van der Waals surface area contributed by atoms with Crippen molar-refractivity contribution in [1.29, 1.82) is 0 Å². The van der Waals surface area contributed by atoms with E-state index in [0.29, 0.717) is 18.1 Å². The van der Waals surface area contributed by atoms with Crippen LogP contribution in [0.3, 0.4) is 0 Å². The van der Waals surface area contributed by atoms with Gasteiger partial charge in [-0.05, 0) is 26.0 Å². The topological polar surface area (TPSA) is 64.3 Å². The lowest BCUT2D eigenvalue weighted by Crippen LogP contribution is -2.26. The highest BCUT2D eigenvalue weighted by atomic mass is 32.1. The lowest BCUT2D eigenvalue weighted by molar-refractivity contribution is 0.224. The monoisotopic (exact) mass is 252 g/mol. The summed E-state index contributed by atoms with van der Waals surface area (Å²) in [6.07, 6.45) is 4.14. The molecule has 1 aromatic rings. The van der Waals surface area contributed by atoms with Crippen molar-refractivity contribution in [2.24, 2.45) is 5.73 Å². The lowest BCUT2D eigenvalue weighted by Gasteiger charge is -2.16. The summed E-state index contributed by atoms with van der Waals surface area (Å²) < 4.78 is 5.56. The van der Waals surface area contributed by atoms with E-state index in [1.807, 2.05) is 0 Å². The van der Waals surface area contributed by atoms with Crippen molar-refractivity contribution in [3.8, 4) is 5.88 Å². The average molecular weight is 252 g/mol. The highest BCUT2D eigenvalue weighted by Crippen LogP contribution is 2.24. The van der Waals surface area contributed by atoms with Crippen molar-refractivity contribution in [1.82, 2.24) is 15.1 Å². The van der Waals surface area contributed by atoms with E-state index in [1.165, 1.54) is 12.8 Å². The number of nitrogens with two attached hydrogens (primary N) is 1. The van der Waals surface area contributed by atoms with Crippen LogP contribution in [0.15, 0.2) is 12.3 Å². The Kier molecular flexibility index (Phi) is 3.86. The summed E-state index contributed by atoms with van der Waals surface area (Å²) in [7, 11) is 2.10. The zero-order valence-electron chi connectivity index (χ0n) is 9.80. The van der Waals surface area contributed by atoms with Crippen LogP contribution in [0, 0.1) is 0 Å². The van der Waals surface area contributed by atoms with E-state index in [2.05, 4.69) is 22.1 Å². The zero-order valence-corrected chi connectivity index (χ0v) is 10.6. The predicted molar refractivity (Wildman–Crippen MR) is 69.1 cm³/mol. The molecule has 1 saturated carbocycles. The molecule has 1 aliphatic carbocycles. The van der Waals surface area contributed by atoms with E-state index in [1.54, 1.807) is 12.3 Å². The Bertz CT molecular complexity index is 408. The molecule has 0 radical (unpaired) electrons. The SMILES string of the molecule is CN(CCOc1nnccc1C(N)=S)C1CC1. The molecule has 2 N–H and O–H groups in total. The van der Waals surface area contributed by atoms with Crippen LogP contribution in [0.5, 0.6) is 5.88 Å². The van der Waals surface area contributed by atoms with Gasteiger partial charge >= 0.3 is 0 Å². The number of thiocarbonyl (C=S) groups is 1. The van der Waals surface area contributed by atoms with Gasteiger partial charge in [0.2, 0.25) is 5.88 Å². The van der Waals surface area contributed by atoms with E-state index >= 15 is 0 Å². The number of hydrogen-bond acceptors (Lipinski definition) is 5. The van der Waals surface area contributed by atoms with Gasteiger partial charge in [0.05, 0.1) is 11.8 Å². The van der Waals surface area contributed by atoms with E-state index in [0.717, 1.165) is 12.6 Å². The second-order valence-corrected chi connectivity index (χ2v) is 4.61. The maximum Gasteiger partial charge on any atom is 0.243 e. The first-order chi connectivity index (χ1) is 8.18. The molecule has 0 amide bonds. The number of aromatic nitrogens is 2. The minimum Gasteiger partial charge on any atom is -0.475 e. The normalized spacial score (nSPS) is 14.9. The Morgan fingerprint density at radius 3 is 3.06 bits per heavy atom. The summed E-state index contributed by atoms with van der Waals surface area (Å²) in [6, 6.07) is 2.45. The number of hydrogen-bond donors (Lipinski definition) is 1. The van der Waals surface area contributed by atoms with Gasteiger partial charge in [0.25, 0.3) is 0 Å². The minimum atomic E-state index is 0.283. The van der Waals surface area contributed by atoms with Crippen molar-refractivity contribution in [3.05, 3.63) is 17.8 Å². The maximum atomic E-state index is 5.58. The highest BCUT2D eigenvalue weighted by Gasteiger charge is 2.25. The molecule has 0 unspecified atom stereocenters. The number of rotatable bonds is 6. The summed E-state index contributed by atoms with van der Waals surface area (Å²) in [4.78, 5) is 2.57. The van der Waals surface area contributed by atoms with Gasteiger partial charge in [0.1, 0.15) is 11.6 Å². The van der Waals surface area contributed by atoms with Crippen molar-refractivity contribution >= 4 is 17.2 Å². The fourth-order valence-corrected chi connectivity index (χ4v) is 1.75. The molecule has 0 bridgehead atoms. The van der Waals surface area contributed by atoms with Gasteiger partial charge in [0.15, 0.2) is 0 Å². The third kappa shape index (κ3) is 3.34. The van der Waals surface area contributed by atoms with Crippen LogP contribution in [0.2, 0.25) is 0 Å². The first kappa shape index (κ1) is 12.2. The summed E-state index contributed by atoms with van der Waals surface area (Å²) in [6.45, 7) is 1.44. The number of ether oxygens (including phenoxy) is 1. The first-order valence-electron chi connectivity index (χ1n) is 5.63. The first-order valence-corrected chi connectivity index (χ1v) is 6.04. The largest absolute Gasteiger partial charge is 0.475 e. The van der Waals surface area contributed by atoms with Crippen molar-refractivity contribution in [2.75, 3.05) is 20.2 Å². The van der Waals surface area contributed by atoms with E-state index in [9.17, 15) is 0 Å². The molecule has 0 aromatic carbocycles. The Labute approximate surface area is 106 Å². The molecule has 6 heteroatoms. The fraction of sp³-hybridized carbons (Fsp3) is 0.545. The Hall–Kier alpha value is -1.27. The summed E-state index contributed by atoms with van der Waals surface area (Å²) >= 11 is 4.92. The fourth-order valence-electron chi connectivity index (χ4n) is 1.60. The van der Waals surface area contributed by atoms with Crippen LogP contribution in [-0.4, -0.2) is 46.3 Å². The second kappa shape index (κ2) is 5.37. The Morgan fingerprint density at radius 2 is 2.41 bits per heavy atom. The van der Waals surface area contributed by atoms with Gasteiger partial charge in [-0.25, -0.2) is 0 Å². The van der Waals surface area contributed by atoms with Crippen molar-refractivity contribution in [2.45, 2.75) is 18.9 Å². The van der Waals surface area contributed by atoms with E-state index < -0.39 is 0 Å². The van der Waals surface area contributed by atoms with Crippen molar-refractivity contribution < 1.29 is 4.74 Å². The number of likely N-dealkylation sites (N-methyl/N-ethyl adjacent to an activating group) is 1. The van der Waals surface area contributed by atoms with Crippen LogP contribution < -0.4 is 10.5 Å². The van der Waals surface area contributed by atoms with Gasteiger partial charge in [-0.2, -0.15) is 5.10 Å². The van der Waals surface area contributed by atoms with Gasteiger partial charge in [-0.1, -0.05) is 12.2 Å². The molecule has 17 heavy (non-hydrogen) atoms. The highest BCUT2D eigenvalue weighted by molar-refractivity contribution is 7.80. The summed E-state index contributed by atoms with van der Waals surface area (Å²) in [5.74, 6) is 0.421. The van der Waals surface area contributed by atoms with Gasteiger partial charge in [0, 0.05) is 12.6 Å². The van der Waals surface area contributed by atoms with Gasteiger partial charge in [-0.3, -0.25) is 0 Å². The Morgan fingerprint density at radius 1 is 1.65 bits per heavy atom. The average Bonchev–Trinajstić information content (AvgIpc) is 3.13. The number of nitrogens with zero attached hydrogens (tertiary/aromatic N) is 3. The quantitative estimate of drug-likeness (QED) is 0.747. The molecule has 1 aliphatic rings.